The number of aliphatic hydroxyl groups excluding tert-OH is 1. The third kappa shape index (κ3) is 12.4. The standard InChI is InChI=1S/C61H74F3N11O7S2/c1-35-29-69(30-36(2)73(35)46-15-13-42(14-16-46)44-25-48-49(28-66-58(48)65-27-44)55(78)53-50(63)17-18-51(54(53)64)75(84(81)82)71-24-21-45(62)32-71)31-40-19-22-70(23-20-40)74(39(5)76)57(61(6,7)8)60(80)72-33-47(77)26-52(72)59(79)68-37(3)41-9-11-43(12-10-41)56-38(4)67-34-83-56/h9-18,25,27-28,34-37,40,45,47,52,57,77,84H,19-24,26,29-33H2,1-8H3,(H,65,66)(H,68,79)/t35-,36+,37-,45+,47+,52-,57+/m0/s1. The maximum atomic E-state index is 16.2. The Kier molecular flexibility index (Phi) is 17.7. The van der Waals surface area contributed by atoms with Crippen LogP contribution in [0.5, 0.6) is 0 Å². The molecule has 3 amide bonds. The Balaban J connectivity index is 0.756. The summed E-state index contributed by atoms with van der Waals surface area (Å²) in [4.78, 5) is 76.0. The predicted molar refractivity (Wildman–Crippen MR) is 318 cm³/mol. The summed E-state index contributed by atoms with van der Waals surface area (Å²) in [5.74, 6) is -4.23. The van der Waals surface area contributed by atoms with Gasteiger partial charge >= 0.3 is 0 Å². The number of hydrogen-bond donors (Lipinski definition) is 4. The maximum absolute atomic E-state index is 16.2. The molecule has 4 saturated heterocycles. The number of fused-ring (bicyclic) bond motifs is 1. The number of anilines is 2. The Labute approximate surface area is 493 Å². The zero-order valence-electron chi connectivity index (χ0n) is 48.6. The van der Waals surface area contributed by atoms with E-state index in [2.05, 4.69) is 43.9 Å². The van der Waals surface area contributed by atoms with E-state index < -0.39 is 69.3 Å². The van der Waals surface area contributed by atoms with E-state index in [9.17, 15) is 37.1 Å². The number of aromatic nitrogens is 3. The summed E-state index contributed by atoms with van der Waals surface area (Å²) >= 11 is 1.57. The lowest BCUT2D eigenvalue weighted by Gasteiger charge is -2.49. The van der Waals surface area contributed by atoms with Gasteiger partial charge in [-0.25, -0.2) is 41.6 Å². The summed E-state index contributed by atoms with van der Waals surface area (Å²) in [6.45, 7) is 18.9. The molecular weight excluding hydrogens is 1120 g/mol. The molecule has 4 aliphatic rings. The van der Waals surface area contributed by atoms with Crippen molar-refractivity contribution in [1.82, 2.24) is 45.1 Å². The molecule has 0 radical (unpaired) electrons. The molecular formula is C61H74F3N11O7S2. The van der Waals surface area contributed by atoms with Crippen LogP contribution in [-0.4, -0.2) is 166 Å². The average Bonchev–Trinajstić information content (AvgIpc) is 2.08. The number of rotatable bonds is 16. The number of pyridine rings is 1. The number of ketones is 1. The minimum Gasteiger partial charge on any atom is -0.391 e. The fraction of sp³-hybridized carbons (Fsp3) is 0.475. The summed E-state index contributed by atoms with van der Waals surface area (Å²) in [5.41, 5.74) is 5.17. The van der Waals surface area contributed by atoms with Crippen LogP contribution in [0.3, 0.4) is 0 Å². The Bertz CT molecular complexity index is 3470. The number of thiol groups is 1. The molecule has 6 aromatic rings. The average molecular weight is 1190 g/mol. The number of aliphatic hydroxyl groups is 1. The number of aromatic amines is 1. The highest BCUT2D eigenvalue weighted by Crippen LogP contribution is 2.37. The Morgan fingerprint density at radius 2 is 1.55 bits per heavy atom. The first-order valence-corrected chi connectivity index (χ1v) is 30.8. The number of carbonyl (C=O) groups excluding carboxylic acids is 4. The lowest BCUT2D eigenvalue weighted by molar-refractivity contribution is -0.175. The number of amides is 3. The van der Waals surface area contributed by atoms with E-state index in [1.807, 2.05) is 93.7 Å². The molecule has 0 bridgehead atoms. The molecule has 7 heterocycles. The van der Waals surface area contributed by atoms with Gasteiger partial charge in [0.15, 0.2) is 5.82 Å². The maximum Gasteiger partial charge on any atom is 0.248 e. The van der Waals surface area contributed by atoms with Crippen LogP contribution in [0.25, 0.3) is 32.6 Å². The zero-order chi connectivity index (χ0) is 60.1. The first kappa shape index (κ1) is 60.4. The zero-order valence-corrected chi connectivity index (χ0v) is 50.3. The second kappa shape index (κ2) is 24.7. The number of β-amino-alcohol motifs (C(OH)–C–C–N with tert-alkyl or cyclic N) is 1. The van der Waals surface area contributed by atoms with Crippen LogP contribution < -0.4 is 14.6 Å². The third-order valence-electron chi connectivity index (χ3n) is 17.0. The quantitative estimate of drug-likeness (QED) is 0.0536. The molecule has 7 atom stereocenters. The Hall–Kier alpha value is -6.76. The van der Waals surface area contributed by atoms with Gasteiger partial charge in [0, 0.05) is 106 Å². The van der Waals surface area contributed by atoms with Crippen molar-refractivity contribution in [2.45, 2.75) is 124 Å². The van der Waals surface area contributed by atoms with E-state index in [0.717, 1.165) is 82.6 Å². The first-order chi connectivity index (χ1) is 40.0. The number of alkyl halides is 1. The number of aryl methyl sites for hydroxylation is 1. The molecule has 4 aliphatic heterocycles. The van der Waals surface area contributed by atoms with Crippen molar-refractivity contribution in [1.29, 1.82) is 0 Å². The molecule has 4 fully saturated rings. The van der Waals surface area contributed by atoms with Gasteiger partial charge in [-0.05, 0) is 105 Å². The van der Waals surface area contributed by atoms with E-state index in [4.69, 9.17) is 0 Å². The molecule has 10 rings (SSSR count). The number of H-pyrrole nitrogens is 1. The van der Waals surface area contributed by atoms with Crippen LogP contribution in [0.1, 0.15) is 107 Å². The molecule has 0 unspecified atom stereocenters. The van der Waals surface area contributed by atoms with Crippen molar-refractivity contribution in [3.05, 3.63) is 119 Å². The lowest BCUT2D eigenvalue weighted by atomic mass is 9.84. The van der Waals surface area contributed by atoms with E-state index >= 15 is 8.78 Å². The van der Waals surface area contributed by atoms with E-state index in [0.29, 0.717) is 40.0 Å². The molecule has 23 heteroatoms. The normalized spacial score (nSPS) is 22.0. The van der Waals surface area contributed by atoms with E-state index in [1.54, 1.807) is 28.6 Å². The van der Waals surface area contributed by atoms with Crippen LogP contribution in [0, 0.1) is 29.9 Å². The number of nitrogens with one attached hydrogen (secondary N) is 2. The van der Waals surface area contributed by atoms with Crippen LogP contribution in [0.4, 0.5) is 24.5 Å². The summed E-state index contributed by atoms with van der Waals surface area (Å²) < 4.78 is 70.9. The topological polar surface area (TPSA) is 199 Å². The number of piperazine rings is 1. The molecule has 0 spiro atoms. The van der Waals surface area contributed by atoms with Gasteiger partial charge in [0.1, 0.15) is 35.4 Å². The van der Waals surface area contributed by atoms with E-state index in [-0.39, 0.29) is 73.9 Å². The van der Waals surface area contributed by atoms with Gasteiger partial charge in [-0.3, -0.25) is 29.1 Å². The van der Waals surface area contributed by atoms with Crippen molar-refractivity contribution >= 4 is 68.1 Å². The summed E-state index contributed by atoms with van der Waals surface area (Å²) in [6, 6.07) is 17.5. The first-order valence-electron chi connectivity index (χ1n) is 28.8. The van der Waals surface area contributed by atoms with Gasteiger partial charge in [-0.2, -0.15) is 4.41 Å². The number of benzene rings is 3. The largest absolute Gasteiger partial charge is 0.391 e. The lowest BCUT2D eigenvalue weighted by Crippen LogP contribution is -2.64. The van der Waals surface area contributed by atoms with Crippen molar-refractivity contribution in [2.75, 3.05) is 61.7 Å². The van der Waals surface area contributed by atoms with Crippen LogP contribution >= 0.6 is 11.3 Å². The van der Waals surface area contributed by atoms with Crippen molar-refractivity contribution in [3.63, 3.8) is 0 Å². The third-order valence-corrected chi connectivity index (χ3v) is 18.7. The minimum absolute atomic E-state index is 0.00965. The fourth-order valence-electron chi connectivity index (χ4n) is 12.9. The number of carbonyl (C=O) groups is 4. The molecule has 0 saturated carbocycles. The molecule has 3 aromatic carbocycles. The molecule has 3 N–H and O–H groups in total. The van der Waals surface area contributed by atoms with Gasteiger partial charge in [0.25, 0.3) is 0 Å². The van der Waals surface area contributed by atoms with Crippen LogP contribution in [0.2, 0.25) is 0 Å². The van der Waals surface area contributed by atoms with Gasteiger partial charge in [0.05, 0.1) is 40.3 Å². The number of likely N-dealkylation sites (tertiary alicyclic amines) is 1. The molecule has 3 aromatic heterocycles. The van der Waals surface area contributed by atoms with Gasteiger partial charge in [-0.15, -0.1) is 11.3 Å². The Morgan fingerprint density at radius 3 is 2.15 bits per heavy atom. The fourth-order valence-corrected chi connectivity index (χ4v) is 14.5. The second-order valence-corrected chi connectivity index (χ2v) is 25.9. The van der Waals surface area contributed by atoms with Gasteiger partial charge < -0.3 is 25.2 Å². The predicted octanol–water partition coefficient (Wildman–Crippen LogP) is 8.09. The van der Waals surface area contributed by atoms with Gasteiger partial charge in [-0.1, -0.05) is 57.2 Å². The smallest absolute Gasteiger partial charge is 0.248 e. The van der Waals surface area contributed by atoms with Crippen molar-refractivity contribution in [2.24, 2.45) is 11.3 Å². The van der Waals surface area contributed by atoms with Crippen molar-refractivity contribution in [3.8, 4) is 21.6 Å². The number of hydrogen-bond acceptors (Lipinski definition) is 14. The highest BCUT2D eigenvalue weighted by atomic mass is 32.2. The molecule has 448 valence electrons. The summed E-state index contributed by atoms with van der Waals surface area (Å²) in [6.07, 6.45) is 2.47. The molecule has 84 heavy (non-hydrogen) atoms. The number of thiazole rings is 1. The number of hydrazine groups is 2. The molecule has 0 aliphatic carbocycles. The highest BCUT2D eigenvalue weighted by Gasteiger charge is 2.49. The number of halogens is 3. The molecule has 18 nitrogen and oxygen atoms in total. The summed E-state index contributed by atoms with van der Waals surface area (Å²) in [7, 11) is -3.51. The van der Waals surface area contributed by atoms with Gasteiger partial charge in [0.2, 0.25) is 34.4 Å². The SMILES string of the molecule is CC(=O)N([C@H](C(=O)N1C[C@H](O)C[C@H]1C(=O)N[C@@H](C)c1ccc(-c2scnc2C)cc1)C(C)(C)C)N1CCC(CN2C[C@@H](C)N(c3ccc(-c4cnc5[nH]cc(C(=O)c6c(F)ccc(N(N7CC[C@@H](F)C7)[SH](=O)=O)c6F)c5c4)cc3)[C@@H](C)C2)CC1. The number of nitrogens with zero attached hydrogens (tertiary/aromatic N) is 9. The van der Waals surface area contributed by atoms with Crippen LogP contribution in [0.15, 0.2) is 84.6 Å². The van der Waals surface area contributed by atoms with E-state index in [1.165, 1.54) is 18.0 Å². The highest BCUT2D eigenvalue weighted by molar-refractivity contribution is 7.73. The minimum atomic E-state index is -3.51. The summed E-state index contributed by atoms with van der Waals surface area (Å²) in [5, 5.41) is 19.1. The second-order valence-electron chi connectivity index (χ2n) is 24.1. The van der Waals surface area contributed by atoms with Crippen LogP contribution in [-0.2, 0) is 25.3 Å². The number of piperidine rings is 1. The Morgan fingerprint density at radius 1 is 0.881 bits per heavy atom. The monoisotopic (exact) mass is 1190 g/mol. The van der Waals surface area contributed by atoms with Crippen molar-refractivity contribution < 1.29 is 45.9 Å².